The Hall–Kier alpha value is -1.28. The van der Waals surface area contributed by atoms with Crippen LogP contribution in [0.3, 0.4) is 0 Å². The van der Waals surface area contributed by atoms with Crippen LogP contribution in [0.5, 0.6) is 0 Å². The van der Waals surface area contributed by atoms with Crippen LogP contribution < -0.4 is 0 Å². The highest BCUT2D eigenvalue weighted by Crippen LogP contribution is 2.34. The van der Waals surface area contributed by atoms with Gasteiger partial charge in [0.25, 0.3) is 0 Å². The van der Waals surface area contributed by atoms with Crippen molar-refractivity contribution in [1.29, 1.82) is 0 Å². The molecule has 0 N–H and O–H groups in total. The molecule has 0 amide bonds. The third-order valence-corrected chi connectivity index (χ3v) is 3.79. The van der Waals surface area contributed by atoms with E-state index in [1.54, 1.807) is 0 Å². The average Bonchev–Trinajstić information content (AvgIpc) is 2.65. The van der Waals surface area contributed by atoms with Gasteiger partial charge < -0.3 is 4.42 Å². The Morgan fingerprint density at radius 3 is 2.17 bits per heavy atom. The molecule has 2 aromatic carbocycles. The first-order chi connectivity index (χ1) is 8.45. The van der Waals surface area contributed by atoms with Crippen LogP contribution in [0.15, 0.2) is 45.3 Å². The summed E-state index contributed by atoms with van der Waals surface area (Å²) >= 11 is 3.52. The highest BCUT2D eigenvalue weighted by molar-refractivity contribution is 9.10. The smallest absolute Gasteiger partial charge is 0.135 e. The Balaban J connectivity index is 2.38. The molecule has 0 spiro atoms. The van der Waals surface area contributed by atoms with Gasteiger partial charge in [0.1, 0.15) is 11.2 Å². The minimum atomic E-state index is 0.157. The molecule has 1 nitrogen and oxygen atoms in total. The van der Waals surface area contributed by atoms with Crippen LogP contribution in [0.2, 0.25) is 0 Å². The largest absolute Gasteiger partial charge is 0.456 e. The number of fused-ring (bicyclic) bond motifs is 3. The lowest BCUT2D eigenvalue weighted by molar-refractivity contribution is 0.590. The molecule has 0 aliphatic carbocycles. The fourth-order valence-corrected chi connectivity index (χ4v) is 2.58. The maximum Gasteiger partial charge on any atom is 0.135 e. The van der Waals surface area contributed by atoms with Gasteiger partial charge >= 0.3 is 0 Å². The molecule has 0 bridgehead atoms. The summed E-state index contributed by atoms with van der Waals surface area (Å²) in [6.07, 6.45) is 0. The first-order valence-corrected chi connectivity index (χ1v) is 6.87. The van der Waals surface area contributed by atoms with Gasteiger partial charge in [-0.05, 0) is 41.3 Å². The standard InChI is InChI=1S/C16H15BrO/c1-16(2,3)10-4-6-14-12(8-10)13-9-11(17)5-7-15(13)18-14/h4-9H,1-3H3. The van der Waals surface area contributed by atoms with Gasteiger partial charge in [0, 0.05) is 15.2 Å². The van der Waals surface area contributed by atoms with Gasteiger partial charge in [-0.2, -0.15) is 0 Å². The average molecular weight is 303 g/mol. The second-order valence-corrected chi connectivity index (χ2v) is 6.62. The molecule has 3 rings (SSSR count). The molecular weight excluding hydrogens is 288 g/mol. The van der Waals surface area contributed by atoms with Crippen molar-refractivity contribution in [2.24, 2.45) is 0 Å². The van der Waals surface area contributed by atoms with E-state index < -0.39 is 0 Å². The normalized spacial score (nSPS) is 12.4. The summed E-state index contributed by atoms with van der Waals surface area (Å²) in [7, 11) is 0. The summed E-state index contributed by atoms with van der Waals surface area (Å²) in [4.78, 5) is 0. The maximum atomic E-state index is 5.85. The van der Waals surface area contributed by atoms with Crippen molar-refractivity contribution in [3.8, 4) is 0 Å². The molecule has 2 heteroatoms. The van der Waals surface area contributed by atoms with Gasteiger partial charge in [0.2, 0.25) is 0 Å². The van der Waals surface area contributed by atoms with Gasteiger partial charge in [-0.15, -0.1) is 0 Å². The van der Waals surface area contributed by atoms with Crippen molar-refractivity contribution in [2.75, 3.05) is 0 Å². The number of rotatable bonds is 0. The van der Waals surface area contributed by atoms with E-state index in [2.05, 4.69) is 61.0 Å². The number of halogens is 1. The summed E-state index contributed by atoms with van der Waals surface area (Å²) in [5.74, 6) is 0. The van der Waals surface area contributed by atoms with E-state index in [9.17, 15) is 0 Å². The van der Waals surface area contributed by atoms with Gasteiger partial charge in [0.05, 0.1) is 0 Å². The van der Waals surface area contributed by atoms with E-state index in [0.29, 0.717) is 0 Å². The van der Waals surface area contributed by atoms with Crippen molar-refractivity contribution in [3.63, 3.8) is 0 Å². The highest BCUT2D eigenvalue weighted by atomic mass is 79.9. The third-order valence-electron chi connectivity index (χ3n) is 3.30. The Bertz CT molecular complexity index is 732. The Morgan fingerprint density at radius 2 is 1.50 bits per heavy atom. The van der Waals surface area contributed by atoms with Gasteiger partial charge in [-0.1, -0.05) is 42.8 Å². The molecular formula is C16H15BrO. The first-order valence-electron chi connectivity index (χ1n) is 6.07. The molecule has 0 fully saturated rings. The third kappa shape index (κ3) is 1.85. The monoisotopic (exact) mass is 302 g/mol. The molecule has 92 valence electrons. The molecule has 0 radical (unpaired) electrons. The zero-order valence-electron chi connectivity index (χ0n) is 10.8. The molecule has 1 aromatic heterocycles. The molecule has 3 aromatic rings. The molecule has 0 unspecified atom stereocenters. The van der Waals surface area contributed by atoms with E-state index in [4.69, 9.17) is 4.42 Å². The lowest BCUT2D eigenvalue weighted by Crippen LogP contribution is -2.10. The Kier molecular flexibility index (Phi) is 2.53. The summed E-state index contributed by atoms with van der Waals surface area (Å²) in [5.41, 5.74) is 3.39. The molecule has 0 aliphatic heterocycles. The van der Waals surface area contributed by atoms with E-state index >= 15 is 0 Å². The minimum absolute atomic E-state index is 0.157. The fourth-order valence-electron chi connectivity index (χ4n) is 2.22. The highest BCUT2D eigenvalue weighted by Gasteiger charge is 2.16. The summed E-state index contributed by atoms with van der Waals surface area (Å²) < 4.78 is 6.94. The van der Waals surface area contributed by atoms with Crippen LogP contribution in [-0.4, -0.2) is 0 Å². The molecule has 0 saturated heterocycles. The van der Waals surface area contributed by atoms with Crippen molar-refractivity contribution in [3.05, 3.63) is 46.4 Å². The summed E-state index contributed by atoms with van der Waals surface area (Å²) in [5, 5.41) is 2.37. The van der Waals surface area contributed by atoms with E-state index in [1.807, 2.05) is 12.1 Å². The number of furan rings is 1. The van der Waals surface area contributed by atoms with Crippen LogP contribution >= 0.6 is 15.9 Å². The number of hydrogen-bond acceptors (Lipinski definition) is 1. The minimum Gasteiger partial charge on any atom is -0.456 e. The van der Waals surface area contributed by atoms with Crippen LogP contribution in [0, 0.1) is 0 Å². The second kappa shape index (κ2) is 3.86. The first kappa shape index (κ1) is 11.8. The zero-order valence-corrected chi connectivity index (χ0v) is 12.3. The lowest BCUT2D eigenvalue weighted by atomic mass is 9.86. The van der Waals surface area contributed by atoms with Crippen molar-refractivity contribution in [2.45, 2.75) is 26.2 Å². The molecule has 0 aliphatic rings. The van der Waals surface area contributed by atoms with Crippen LogP contribution in [-0.2, 0) is 5.41 Å². The molecule has 0 atom stereocenters. The van der Waals surface area contributed by atoms with Gasteiger partial charge in [0.15, 0.2) is 0 Å². The van der Waals surface area contributed by atoms with Gasteiger partial charge in [-0.25, -0.2) is 0 Å². The topological polar surface area (TPSA) is 13.1 Å². The SMILES string of the molecule is CC(C)(C)c1ccc2oc3ccc(Br)cc3c2c1. The number of hydrogen-bond donors (Lipinski definition) is 0. The van der Waals surface area contributed by atoms with Gasteiger partial charge in [-0.3, -0.25) is 0 Å². The molecule has 0 saturated carbocycles. The van der Waals surface area contributed by atoms with Crippen LogP contribution in [0.1, 0.15) is 26.3 Å². The van der Waals surface area contributed by atoms with E-state index in [0.717, 1.165) is 15.6 Å². The lowest BCUT2D eigenvalue weighted by Gasteiger charge is -2.18. The predicted octanol–water partition coefficient (Wildman–Crippen LogP) is 5.65. The van der Waals surface area contributed by atoms with E-state index in [-0.39, 0.29) is 5.41 Å². The van der Waals surface area contributed by atoms with E-state index in [1.165, 1.54) is 16.3 Å². The summed E-state index contributed by atoms with van der Waals surface area (Å²) in [6, 6.07) is 12.6. The molecule has 1 heterocycles. The van der Waals surface area contributed by atoms with Crippen molar-refractivity contribution < 1.29 is 4.42 Å². The van der Waals surface area contributed by atoms with Crippen molar-refractivity contribution in [1.82, 2.24) is 0 Å². The van der Waals surface area contributed by atoms with Crippen LogP contribution in [0.25, 0.3) is 21.9 Å². The zero-order chi connectivity index (χ0) is 12.9. The second-order valence-electron chi connectivity index (χ2n) is 5.70. The predicted molar refractivity (Wildman–Crippen MR) is 80.1 cm³/mol. The maximum absolute atomic E-state index is 5.85. The Morgan fingerprint density at radius 1 is 0.889 bits per heavy atom. The van der Waals surface area contributed by atoms with Crippen LogP contribution in [0.4, 0.5) is 0 Å². The fraction of sp³-hybridized carbons (Fsp3) is 0.250. The number of benzene rings is 2. The quantitative estimate of drug-likeness (QED) is 0.523. The molecule has 18 heavy (non-hydrogen) atoms. The van der Waals surface area contributed by atoms with Crippen molar-refractivity contribution >= 4 is 37.9 Å². The summed E-state index contributed by atoms with van der Waals surface area (Å²) in [6.45, 7) is 6.69. The Labute approximate surface area is 115 Å².